The predicted octanol–water partition coefficient (Wildman–Crippen LogP) is -0.270. The van der Waals surface area contributed by atoms with E-state index in [1.807, 2.05) is 0 Å². The molecule has 17 heavy (non-hydrogen) atoms. The second-order valence-electron chi connectivity index (χ2n) is 4.97. The molecule has 5 nitrogen and oxygen atoms in total. The van der Waals surface area contributed by atoms with Gasteiger partial charge in [-0.25, -0.2) is 16.8 Å². The van der Waals surface area contributed by atoms with Gasteiger partial charge in [0.05, 0.1) is 22.5 Å². The first kappa shape index (κ1) is 13.3. The van der Waals surface area contributed by atoms with Crippen LogP contribution in [0.3, 0.4) is 0 Å². The standard InChI is InChI=1S/C10H19NO4S2/c12-16(13)6-3-9(4-7-16)11-8-10-2-1-5-17(10,14)15/h9-11H,1-8H2. The van der Waals surface area contributed by atoms with Gasteiger partial charge >= 0.3 is 0 Å². The molecule has 2 aliphatic rings. The van der Waals surface area contributed by atoms with E-state index in [2.05, 4.69) is 5.32 Å². The summed E-state index contributed by atoms with van der Waals surface area (Å²) in [4.78, 5) is 0. The first-order chi connectivity index (χ1) is 7.89. The lowest BCUT2D eigenvalue weighted by atomic mass is 10.1. The molecule has 100 valence electrons. The molecule has 0 spiro atoms. The lowest BCUT2D eigenvalue weighted by molar-refractivity contribution is 0.457. The molecule has 0 radical (unpaired) electrons. The summed E-state index contributed by atoms with van der Waals surface area (Å²) in [7, 11) is -5.73. The minimum Gasteiger partial charge on any atom is -0.313 e. The normalized spacial score (nSPS) is 32.6. The van der Waals surface area contributed by atoms with Crippen LogP contribution in [0, 0.1) is 0 Å². The van der Waals surface area contributed by atoms with Crippen molar-refractivity contribution in [2.24, 2.45) is 0 Å². The molecule has 1 atom stereocenters. The topological polar surface area (TPSA) is 80.3 Å². The molecule has 2 rings (SSSR count). The van der Waals surface area contributed by atoms with Crippen molar-refractivity contribution in [3.63, 3.8) is 0 Å². The fraction of sp³-hybridized carbons (Fsp3) is 1.00. The number of hydrogen-bond donors (Lipinski definition) is 1. The first-order valence-corrected chi connectivity index (χ1v) is 9.58. The molecule has 7 heteroatoms. The lowest BCUT2D eigenvalue weighted by Gasteiger charge is -2.24. The molecule has 1 unspecified atom stereocenters. The van der Waals surface area contributed by atoms with Gasteiger partial charge in [0.1, 0.15) is 9.84 Å². The van der Waals surface area contributed by atoms with Crippen molar-refractivity contribution in [3.05, 3.63) is 0 Å². The van der Waals surface area contributed by atoms with E-state index in [1.165, 1.54) is 0 Å². The largest absolute Gasteiger partial charge is 0.313 e. The molecule has 2 heterocycles. The Morgan fingerprint density at radius 1 is 0.941 bits per heavy atom. The van der Waals surface area contributed by atoms with Gasteiger partial charge in [-0.1, -0.05) is 0 Å². The summed E-state index contributed by atoms with van der Waals surface area (Å²) in [5.74, 6) is 0.753. The van der Waals surface area contributed by atoms with Crippen LogP contribution in [0.4, 0.5) is 0 Å². The number of nitrogens with one attached hydrogen (secondary N) is 1. The molecule has 0 aromatic rings. The lowest BCUT2D eigenvalue weighted by Crippen LogP contribution is -2.42. The monoisotopic (exact) mass is 281 g/mol. The second kappa shape index (κ2) is 4.85. The van der Waals surface area contributed by atoms with Gasteiger partial charge in [0, 0.05) is 12.6 Å². The Morgan fingerprint density at radius 3 is 2.12 bits per heavy atom. The molecule has 0 aromatic carbocycles. The average Bonchev–Trinajstić information content (AvgIpc) is 2.56. The van der Waals surface area contributed by atoms with Crippen LogP contribution in [-0.4, -0.2) is 51.9 Å². The van der Waals surface area contributed by atoms with Crippen molar-refractivity contribution in [2.75, 3.05) is 23.8 Å². The minimum absolute atomic E-state index is 0.161. The zero-order chi connectivity index (χ0) is 12.5. The Morgan fingerprint density at radius 2 is 1.59 bits per heavy atom. The van der Waals surface area contributed by atoms with Crippen LogP contribution >= 0.6 is 0 Å². The van der Waals surface area contributed by atoms with Crippen molar-refractivity contribution in [1.82, 2.24) is 5.32 Å². The molecule has 0 amide bonds. The summed E-state index contributed by atoms with van der Waals surface area (Å²) in [5.41, 5.74) is 0. The van der Waals surface area contributed by atoms with E-state index in [9.17, 15) is 16.8 Å². The average molecular weight is 281 g/mol. The quantitative estimate of drug-likeness (QED) is 0.770. The van der Waals surface area contributed by atoms with Crippen molar-refractivity contribution in [2.45, 2.75) is 37.0 Å². The van der Waals surface area contributed by atoms with Crippen molar-refractivity contribution >= 4 is 19.7 Å². The van der Waals surface area contributed by atoms with Gasteiger partial charge in [-0.05, 0) is 25.7 Å². The number of sulfone groups is 2. The van der Waals surface area contributed by atoms with Crippen LogP contribution in [0.2, 0.25) is 0 Å². The highest BCUT2D eigenvalue weighted by atomic mass is 32.2. The molecule has 2 aliphatic heterocycles. The molecule has 2 saturated heterocycles. The highest BCUT2D eigenvalue weighted by Crippen LogP contribution is 2.20. The summed E-state index contributed by atoms with van der Waals surface area (Å²) in [6.45, 7) is 0.479. The van der Waals surface area contributed by atoms with Crippen molar-refractivity contribution in [1.29, 1.82) is 0 Å². The van der Waals surface area contributed by atoms with Crippen LogP contribution in [-0.2, 0) is 19.7 Å². The summed E-state index contributed by atoms with van der Waals surface area (Å²) < 4.78 is 45.7. The van der Waals surface area contributed by atoms with Gasteiger partial charge in [0.15, 0.2) is 9.84 Å². The maximum absolute atomic E-state index is 11.6. The molecule has 0 bridgehead atoms. The van der Waals surface area contributed by atoms with E-state index in [0.29, 0.717) is 25.1 Å². The van der Waals surface area contributed by atoms with Crippen molar-refractivity contribution in [3.8, 4) is 0 Å². The van der Waals surface area contributed by atoms with Crippen LogP contribution in [0.1, 0.15) is 25.7 Å². The van der Waals surface area contributed by atoms with Gasteiger partial charge in [-0.2, -0.15) is 0 Å². The third-order valence-electron chi connectivity index (χ3n) is 3.65. The van der Waals surface area contributed by atoms with Crippen molar-refractivity contribution < 1.29 is 16.8 Å². The van der Waals surface area contributed by atoms with Gasteiger partial charge in [-0.3, -0.25) is 0 Å². The predicted molar refractivity (Wildman–Crippen MR) is 66.5 cm³/mol. The fourth-order valence-corrected chi connectivity index (χ4v) is 5.75. The van der Waals surface area contributed by atoms with E-state index in [-0.39, 0.29) is 22.8 Å². The Hall–Kier alpha value is -0.140. The van der Waals surface area contributed by atoms with E-state index < -0.39 is 19.7 Å². The molecule has 1 N–H and O–H groups in total. The maximum atomic E-state index is 11.6. The smallest absolute Gasteiger partial charge is 0.154 e. The number of rotatable bonds is 3. The Labute approximate surface area is 103 Å². The minimum atomic E-state index is -2.89. The Balaban J connectivity index is 1.80. The van der Waals surface area contributed by atoms with Crippen LogP contribution in [0.5, 0.6) is 0 Å². The van der Waals surface area contributed by atoms with E-state index >= 15 is 0 Å². The fourth-order valence-electron chi connectivity index (χ4n) is 2.48. The Kier molecular flexibility index (Phi) is 3.80. The van der Waals surface area contributed by atoms with Gasteiger partial charge in [-0.15, -0.1) is 0 Å². The summed E-state index contributed by atoms with van der Waals surface area (Å²) in [6, 6.07) is 0.161. The summed E-state index contributed by atoms with van der Waals surface area (Å²) >= 11 is 0. The van der Waals surface area contributed by atoms with E-state index in [0.717, 1.165) is 12.8 Å². The SMILES string of the molecule is O=S1(=O)CCC(NCC2CCCS2(=O)=O)CC1. The summed E-state index contributed by atoms with van der Waals surface area (Å²) in [5, 5.41) is 2.95. The first-order valence-electron chi connectivity index (χ1n) is 6.04. The Bertz CT molecular complexity index is 455. The molecule has 0 aromatic heterocycles. The third kappa shape index (κ3) is 3.42. The zero-order valence-electron chi connectivity index (χ0n) is 9.76. The highest BCUT2D eigenvalue weighted by Gasteiger charge is 2.32. The summed E-state index contributed by atoms with van der Waals surface area (Å²) in [6.07, 6.45) is 2.71. The molecule has 0 aliphatic carbocycles. The molecule has 2 fully saturated rings. The van der Waals surface area contributed by atoms with Gasteiger partial charge in [0.2, 0.25) is 0 Å². The second-order valence-corrected chi connectivity index (χ2v) is 9.67. The molecular formula is C10H19NO4S2. The molecular weight excluding hydrogens is 262 g/mol. The molecule has 0 saturated carbocycles. The van der Waals surface area contributed by atoms with Crippen LogP contribution in [0.25, 0.3) is 0 Å². The van der Waals surface area contributed by atoms with Crippen LogP contribution in [0.15, 0.2) is 0 Å². The zero-order valence-corrected chi connectivity index (χ0v) is 11.4. The maximum Gasteiger partial charge on any atom is 0.154 e. The van der Waals surface area contributed by atoms with Crippen LogP contribution < -0.4 is 5.32 Å². The number of hydrogen-bond acceptors (Lipinski definition) is 5. The van der Waals surface area contributed by atoms with Gasteiger partial charge in [0.25, 0.3) is 0 Å². The van der Waals surface area contributed by atoms with E-state index in [1.54, 1.807) is 0 Å². The third-order valence-corrected chi connectivity index (χ3v) is 7.64. The van der Waals surface area contributed by atoms with Gasteiger partial charge < -0.3 is 5.32 Å². The van der Waals surface area contributed by atoms with E-state index in [4.69, 9.17) is 0 Å². The highest BCUT2D eigenvalue weighted by molar-refractivity contribution is 7.92.